The van der Waals surface area contributed by atoms with Gasteiger partial charge in [0.2, 0.25) is 0 Å². The van der Waals surface area contributed by atoms with E-state index in [1.54, 1.807) is 6.92 Å². The molecule has 0 aliphatic rings. The highest BCUT2D eigenvalue weighted by Crippen LogP contribution is 2.03. The molecule has 3 nitrogen and oxygen atoms in total. The van der Waals surface area contributed by atoms with E-state index in [1.807, 2.05) is 6.07 Å². The molecule has 0 unspecified atom stereocenters. The van der Waals surface area contributed by atoms with Crippen LogP contribution in [0.5, 0.6) is 0 Å². The van der Waals surface area contributed by atoms with Crippen molar-refractivity contribution in [2.45, 2.75) is 19.9 Å². The smallest absolute Gasteiger partial charge is 0.250 e. The van der Waals surface area contributed by atoms with Crippen LogP contribution < -0.4 is 5.56 Å². The zero-order chi connectivity index (χ0) is 10.6. The standard InChI is InChI=1S/C11H10N2O/c1-3-4-7-13-9(2)10(8-12)5-6-11(13)14/h1,5-6H,4,7H2,2H3. The Morgan fingerprint density at radius 1 is 1.57 bits per heavy atom. The normalized spacial score (nSPS) is 9.07. The van der Waals surface area contributed by atoms with Crippen molar-refractivity contribution in [2.75, 3.05) is 0 Å². The molecule has 1 aromatic rings. The molecule has 1 rings (SSSR count). The van der Waals surface area contributed by atoms with Crippen molar-refractivity contribution in [1.29, 1.82) is 5.26 Å². The second-order valence-corrected chi connectivity index (χ2v) is 2.89. The second kappa shape index (κ2) is 4.30. The first-order chi connectivity index (χ1) is 6.70. The third kappa shape index (κ3) is 1.84. The van der Waals surface area contributed by atoms with Crippen molar-refractivity contribution in [3.63, 3.8) is 0 Å². The van der Waals surface area contributed by atoms with Gasteiger partial charge >= 0.3 is 0 Å². The van der Waals surface area contributed by atoms with E-state index in [-0.39, 0.29) is 5.56 Å². The Hall–Kier alpha value is -2.00. The first-order valence-corrected chi connectivity index (χ1v) is 4.24. The molecule has 0 radical (unpaired) electrons. The summed E-state index contributed by atoms with van der Waals surface area (Å²) in [6, 6.07) is 4.95. The average molecular weight is 186 g/mol. The van der Waals surface area contributed by atoms with Crippen LogP contribution in [-0.4, -0.2) is 4.57 Å². The molecule has 0 saturated heterocycles. The van der Waals surface area contributed by atoms with Gasteiger partial charge in [0.05, 0.1) is 5.56 Å². The SMILES string of the molecule is C#CCCn1c(C)c(C#N)ccc1=O. The Labute approximate surface area is 82.6 Å². The molecule has 1 aromatic heterocycles. The maximum absolute atomic E-state index is 11.4. The van der Waals surface area contributed by atoms with Gasteiger partial charge in [0.1, 0.15) is 6.07 Å². The molecule has 0 atom stereocenters. The molecule has 3 heteroatoms. The van der Waals surface area contributed by atoms with E-state index in [4.69, 9.17) is 11.7 Å². The number of hydrogen-bond donors (Lipinski definition) is 0. The Morgan fingerprint density at radius 3 is 2.86 bits per heavy atom. The zero-order valence-corrected chi connectivity index (χ0v) is 7.95. The second-order valence-electron chi connectivity index (χ2n) is 2.89. The van der Waals surface area contributed by atoms with Gasteiger partial charge in [0.15, 0.2) is 0 Å². The lowest BCUT2D eigenvalue weighted by atomic mass is 10.2. The van der Waals surface area contributed by atoms with Crippen LogP contribution in [0.2, 0.25) is 0 Å². The summed E-state index contributed by atoms with van der Waals surface area (Å²) in [4.78, 5) is 11.4. The van der Waals surface area contributed by atoms with Crippen LogP contribution in [0, 0.1) is 30.6 Å². The summed E-state index contributed by atoms with van der Waals surface area (Å²) in [7, 11) is 0. The Bertz CT molecular complexity index is 472. The Kier molecular flexibility index (Phi) is 3.09. The fourth-order valence-electron chi connectivity index (χ4n) is 1.25. The van der Waals surface area contributed by atoms with E-state index in [1.165, 1.54) is 16.7 Å². The third-order valence-corrected chi connectivity index (χ3v) is 2.05. The molecule has 0 aliphatic carbocycles. The lowest BCUT2D eigenvalue weighted by molar-refractivity contribution is 0.665. The van der Waals surface area contributed by atoms with Crippen molar-refractivity contribution in [3.05, 3.63) is 33.7 Å². The van der Waals surface area contributed by atoms with Gasteiger partial charge in [0, 0.05) is 24.7 Å². The summed E-state index contributed by atoms with van der Waals surface area (Å²) in [5.41, 5.74) is 1.08. The van der Waals surface area contributed by atoms with Crippen LogP contribution in [0.15, 0.2) is 16.9 Å². The summed E-state index contributed by atoms with van der Waals surface area (Å²) in [6.45, 7) is 2.22. The van der Waals surface area contributed by atoms with Gasteiger partial charge in [-0.05, 0) is 13.0 Å². The topological polar surface area (TPSA) is 45.8 Å². The molecule has 0 bridgehead atoms. The third-order valence-electron chi connectivity index (χ3n) is 2.05. The van der Waals surface area contributed by atoms with E-state index in [0.717, 1.165) is 0 Å². The van der Waals surface area contributed by atoms with Gasteiger partial charge < -0.3 is 4.57 Å². The fourth-order valence-corrected chi connectivity index (χ4v) is 1.25. The van der Waals surface area contributed by atoms with Crippen molar-refractivity contribution in [3.8, 4) is 18.4 Å². The molecular weight excluding hydrogens is 176 g/mol. The molecular formula is C11H10N2O. The van der Waals surface area contributed by atoms with E-state index < -0.39 is 0 Å². The van der Waals surface area contributed by atoms with Crippen LogP contribution >= 0.6 is 0 Å². The quantitative estimate of drug-likeness (QED) is 0.648. The predicted molar refractivity (Wildman–Crippen MR) is 53.6 cm³/mol. The molecule has 0 fully saturated rings. The lowest BCUT2D eigenvalue weighted by Gasteiger charge is -2.08. The number of nitrogens with zero attached hydrogens (tertiary/aromatic N) is 2. The largest absolute Gasteiger partial charge is 0.311 e. The number of pyridine rings is 1. The van der Waals surface area contributed by atoms with Crippen LogP contribution in [0.3, 0.4) is 0 Å². The molecule has 0 aromatic carbocycles. The highest BCUT2D eigenvalue weighted by molar-refractivity contribution is 5.32. The van der Waals surface area contributed by atoms with Gasteiger partial charge in [0.25, 0.3) is 5.56 Å². The number of terminal acetylenes is 1. The maximum atomic E-state index is 11.4. The maximum Gasteiger partial charge on any atom is 0.250 e. The molecule has 0 saturated carbocycles. The van der Waals surface area contributed by atoms with Crippen LogP contribution in [0.4, 0.5) is 0 Å². The fraction of sp³-hybridized carbons (Fsp3) is 0.273. The number of hydrogen-bond acceptors (Lipinski definition) is 2. The van der Waals surface area contributed by atoms with E-state index in [2.05, 4.69) is 5.92 Å². The predicted octanol–water partition coefficient (Wildman–Crippen LogP) is 1.05. The summed E-state index contributed by atoms with van der Waals surface area (Å²) >= 11 is 0. The summed E-state index contributed by atoms with van der Waals surface area (Å²) in [5.74, 6) is 2.47. The zero-order valence-electron chi connectivity index (χ0n) is 7.95. The highest BCUT2D eigenvalue weighted by atomic mass is 16.1. The summed E-state index contributed by atoms with van der Waals surface area (Å²) in [5, 5.41) is 8.75. The van der Waals surface area contributed by atoms with Crippen LogP contribution in [-0.2, 0) is 6.54 Å². The molecule has 0 spiro atoms. The van der Waals surface area contributed by atoms with Gasteiger partial charge in [-0.1, -0.05) is 0 Å². The van der Waals surface area contributed by atoms with Gasteiger partial charge in [-0.15, -0.1) is 12.3 Å². The highest BCUT2D eigenvalue weighted by Gasteiger charge is 2.03. The molecule has 14 heavy (non-hydrogen) atoms. The van der Waals surface area contributed by atoms with E-state index in [0.29, 0.717) is 24.2 Å². The number of nitriles is 1. The summed E-state index contributed by atoms with van der Waals surface area (Å²) < 4.78 is 1.53. The summed E-state index contributed by atoms with van der Waals surface area (Å²) in [6.07, 6.45) is 5.61. The average Bonchev–Trinajstić information content (AvgIpc) is 2.18. The first kappa shape index (κ1) is 10.1. The molecule has 0 amide bonds. The van der Waals surface area contributed by atoms with Gasteiger partial charge in [-0.2, -0.15) is 5.26 Å². The molecule has 1 heterocycles. The first-order valence-electron chi connectivity index (χ1n) is 4.24. The van der Waals surface area contributed by atoms with Gasteiger partial charge in [-0.25, -0.2) is 0 Å². The molecule has 70 valence electrons. The molecule has 0 aliphatic heterocycles. The van der Waals surface area contributed by atoms with E-state index in [9.17, 15) is 4.79 Å². The minimum Gasteiger partial charge on any atom is -0.311 e. The number of rotatable bonds is 2. The van der Waals surface area contributed by atoms with Crippen molar-refractivity contribution in [2.24, 2.45) is 0 Å². The minimum atomic E-state index is -0.114. The number of aromatic nitrogens is 1. The Morgan fingerprint density at radius 2 is 2.29 bits per heavy atom. The van der Waals surface area contributed by atoms with Crippen molar-refractivity contribution >= 4 is 0 Å². The van der Waals surface area contributed by atoms with Crippen molar-refractivity contribution < 1.29 is 0 Å². The van der Waals surface area contributed by atoms with E-state index >= 15 is 0 Å². The van der Waals surface area contributed by atoms with Crippen LogP contribution in [0.1, 0.15) is 17.7 Å². The lowest BCUT2D eigenvalue weighted by Crippen LogP contribution is -2.22. The van der Waals surface area contributed by atoms with Crippen LogP contribution in [0.25, 0.3) is 0 Å². The minimum absolute atomic E-state index is 0.114. The van der Waals surface area contributed by atoms with Gasteiger partial charge in [-0.3, -0.25) is 4.79 Å². The molecule has 0 N–H and O–H groups in total. The monoisotopic (exact) mass is 186 g/mol. The van der Waals surface area contributed by atoms with Crippen molar-refractivity contribution in [1.82, 2.24) is 4.57 Å². The Balaban J connectivity index is 3.22.